The Morgan fingerprint density at radius 1 is 1.55 bits per heavy atom. The van der Waals surface area contributed by atoms with E-state index in [2.05, 4.69) is 27.2 Å². The summed E-state index contributed by atoms with van der Waals surface area (Å²) in [5.41, 5.74) is 1.37. The van der Waals surface area contributed by atoms with E-state index in [0.717, 1.165) is 25.2 Å². The number of amides is 1. The van der Waals surface area contributed by atoms with Gasteiger partial charge in [0.2, 0.25) is 0 Å². The van der Waals surface area contributed by atoms with Crippen LogP contribution in [0.25, 0.3) is 0 Å². The number of ether oxygens (including phenoxy) is 1. The highest BCUT2D eigenvalue weighted by Gasteiger charge is 2.21. The third-order valence-electron chi connectivity index (χ3n) is 3.43. The third kappa shape index (κ3) is 3.10. The summed E-state index contributed by atoms with van der Waals surface area (Å²) < 4.78 is 5.44. The maximum absolute atomic E-state index is 12.4. The molecule has 0 unspecified atom stereocenters. The largest absolute Gasteiger partial charge is 0.491 e. The van der Waals surface area contributed by atoms with Gasteiger partial charge in [-0.1, -0.05) is 0 Å². The van der Waals surface area contributed by atoms with Gasteiger partial charge in [-0.3, -0.25) is 10.1 Å². The van der Waals surface area contributed by atoms with Crippen molar-refractivity contribution in [1.29, 1.82) is 0 Å². The number of fused-ring (bicyclic) bond motifs is 1. The molecule has 0 aromatic carbocycles. The molecule has 22 heavy (non-hydrogen) atoms. The van der Waals surface area contributed by atoms with Crippen LogP contribution < -0.4 is 10.1 Å². The number of rotatable bonds is 4. The molecule has 6 nitrogen and oxygen atoms in total. The number of aromatic nitrogens is 2. The van der Waals surface area contributed by atoms with Crippen LogP contribution >= 0.6 is 11.3 Å². The standard InChI is InChI=1S/C15H18N4O2S/c1-3-21-11-5-4-7-16-13(11)14(20)18-15-17-10-6-8-19(2)9-12(10)22-15/h4-5,7H,3,6,8-9H2,1-2H3,(H,17,18,20). The molecule has 1 amide bonds. The van der Waals surface area contributed by atoms with Gasteiger partial charge in [-0.25, -0.2) is 9.97 Å². The first kappa shape index (κ1) is 14.9. The summed E-state index contributed by atoms with van der Waals surface area (Å²) >= 11 is 1.53. The summed E-state index contributed by atoms with van der Waals surface area (Å²) in [5.74, 6) is 0.201. The highest BCUT2D eigenvalue weighted by atomic mass is 32.1. The summed E-state index contributed by atoms with van der Waals surface area (Å²) in [6, 6.07) is 3.49. The molecule has 1 aliphatic rings. The first-order valence-electron chi connectivity index (χ1n) is 7.23. The number of nitrogens with one attached hydrogen (secondary N) is 1. The number of anilines is 1. The minimum atomic E-state index is -0.288. The van der Waals surface area contributed by atoms with Crippen LogP contribution in [0.1, 0.15) is 28.0 Å². The van der Waals surface area contributed by atoms with Crippen molar-refractivity contribution in [3.8, 4) is 5.75 Å². The average molecular weight is 318 g/mol. The van der Waals surface area contributed by atoms with Crippen LogP contribution in [0.2, 0.25) is 0 Å². The molecule has 0 radical (unpaired) electrons. The number of hydrogen-bond donors (Lipinski definition) is 1. The molecule has 0 aliphatic carbocycles. The second-order valence-corrected chi connectivity index (χ2v) is 6.20. The zero-order valence-electron chi connectivity index (χ0n) is 12.6. The van der Waals surface area contributed by atoms with Crippen LogP contribution in [0, 0.1) is 0 Å². The van der Waals surface area contributed by atoms with Gasteiger partial charge in [0.25, 0.3) is 5.91 Å². The molecule has 0 atom stereocenters. The quantitative estimate of drug-likeness (QED) is 0.936. The topological polar surface area (TPSA) is 67.3 Å². The van der Waals surface area contributed by atoms with Crippen LogP contribution in [-0.4, -0.2) is 41.0 Å². The molecule has 0 fully saturated rings. The van der Waals surface area contributed by atoms with Gasteiger partial charge < -0.3 is 9.64 Å². The maximum Gasteiger partial charge on any atom is 0.279 e. The van der Waals surface area contributed by atoms with Crippen LogP contribution in [0.5, 0.6) is 5.75 Å². The molecular weight excluding hydrogens is 300 g/mol. The minimum Gasteiger partial charge on any atom is -0.491 e. The van der Waals surface area contributed by atoms with Crippen molar-refractivity contribution in [2.75, 3.05) is 25.5 Å². The lowest BCUT2D eigenvalue weighted by Crippen LogP contribution is -2.25. The summed E-state index contributed by atoms with van der Waals surface area (Å²) in [7, 11) is 2.09. The summed E-state index contributed by atoms with van der Waals surface area (Å²) in [6.07, 6.45) is 2.51. The molecule has 0 saturated heterocycles. The van der Waals surface area contributed by atoms with Crippen molar-refractivity contribution in [2.24, 2.45) is 0 Å². The number of hydrogen-bond acceptors (Lipinski definition) is 6. The van der Waals surface area contributed by atoms with E-state index in [4.69, 9.17) is 4.74 Å². The van der Waals surface area contributed by atoms with Gasteiger partial charge in [0, 0.05) is 30.6 Å². The number of likely N-dealkylation sites (N-methyl/N-ethyl adjacent to an activating group) is 1. The van der Waals surface area contributed by atoms with Crippen LogP contribution in [-0.2, 0) is 13.0 Å². The third-order valence-corrected chi connectivity index (χ3v) is 4.43. The van der Waals surface area contributed by atoms with E-state index < -0.39 is 0 Å². The van der Waals surface area contributed by atoms with Gasteiger partial charge in [0.1, 0.15) is 0 Å². The Morgan fingerprint density at radius 3 is 3.23 bits per heavy atom. The van der Waals surface area contributed by atoms with Crippen molar-refractivity contribution >= 4 is 22.4 Å². The fourth-order valence-electron chi connectivity index (χ4n) is 2.37. The van der Waals surface area contributed by atoms with E-state index in [1.807, 2.05) is 6.92 Å². The van der Waals surface area contributed by atoms with Gasteiger partial charge >= 0.3 is 0 Å². The summed E-state index contributed by atoms with van der Waals surface area (Å²) in [6.45, 7) is 4.25. The van der Waals surface area contributed by atoms with Crippen molar-refractivity contribution in [3.05, 3.63) is 34.6 Å². The molecule has 1 aliphatic heterocycles. The summed E-state index contributed by atoms with van der Waals surface area (Å²) in [5, 5.41) is 3.46. The molecular formula is C15H18N4O2S. The fourth-order valence-corrected chi connectivity index (χ4v) is 3.45. The Morgan fingerprint density at radius 2 is 2.41 bits per heavy atom. The first-order valence-corrected chi connectivity index (χ1v) is 8.05. The molecule has 116 valence electrons. The number of pyridine rings is 1. The van der Waals surface area contributed by atoms with E-state index in [1.165, 1.54) is 16.2 Å². The molecule has 0 saturated carbocycles. The molecule has 2 aromatic rings. The Hall–Kier alpha value is -1.99. The van der Waals surface area contributed by atoms with Gasteiger partial charge in [0.15, 0.2) is 16.6 Å². The lowest BCUT2D eigenvalue weighted by atomic mass is 10.2. The highest BCUT2D eigenvalue weighted by Crippen LogP contribution is 2.28. The van der Waals surface area contributed by atoms with Crippen molar-refractivity contribution in [3.63, 3.8) is 0 Å². The second-order valence-electron chi connectivity index (χ2n) is 5.11. The zero-order valence-corrected chi connectivity index (χ0v) is 13.4. The van der Waals surface area contributed by atoms with Gasteiger partial charge in [-0.05, 0) is 26.1 Å². The van der Waals surface area contributed by atoms with E-state index in [-0.39, 0.29) is 11.6 Å². The minimum absolute atomic E-state index is 0.287. The van der Waals surface area contributed by atoms with Crippen molar-refractivity contribution in [2.45, 2.75) is 19.9 Å². The lowest BCUT2D eigenvalue weighted by Gasteiger charge is -2.20. The zero-order chi connectivity index (χ0) is 15.5. The molecule has 0 bridgehead atoms. The Labute approximate surface area is 133 Å². The molecule has 2 aromatic heterocycles. The first-order chi connectivity index (χ1) is 10.7. The van der Waals surface area contributed by atoms with Gasteiger partial charge in [-0.2, -0.15) is 0 Å². The van der Waals surface area contributed by atoms with E-state index in [9.17, 15) is 4.79 Å². The highest BCUT2D eigenvalue weighted by molar-refractivity contribution is 7.15. The lowest BCUT2D eigenvalue weighted by molar-refractivity contribution is 0.101. The number of carbonyl (C=O) groups excluding carboxylic acids is 1. The molecule has 1 N–H and O–H groups in total. The van der Waals surface area contributed by atoms with Gasteiger partial charge in [0.05, 0.1) is 12.3 Å². The van der Waals surface area contributed by atoms with E-state index in [1.54, 1.807) is 18.3 Å². The number of nitrogens with zero attached hydrogens (tertiary/aromatic N) is 3. The van der Waals surface area contributed by atoms with Crippen LogP contribution in [0.15, 0.2) is 18.3 Å². The molecule has 7 heteroatoms. The van der Waals surface area contributed by atoms with Gasteiger partial charge in [-0.15, -0.1) is 11.3 Å². The SMILES string of the molecule is CCOc1cccnc1C(=O)Nc1nc2c(s1)CN(C)CC2. The Balaban J connectivity index is 1.77. The van der Waals surface area contributed by atoms with E-state index in [0.29, 0.717) is 17.5 Å². The summed E-state index contributed by atoms with van der Waals surface area (Å²) in [4.78, 5) is 24.5. The second kappa shape index (κ2) is 6.41. The molecule has 3 rings (SSSR count). The number of carbonyl (C=O) groups is 1. The molecule has 3 heterocycles. The number of thiazole rings is 1. The predicted molar refractivity (Wildman–Crippen MR) is 85.5 cm³/mol. The Kier molecular flexibility index (Phi) is 4.35. The Bertz CT molecular complexity index is 686. The predicted octanol–water partition coefficient (Wildman–Crippen LogP) is 2.18. The normalized spacial score (nSPS) is 14.5. The monoisotopic (exact) mass is 318 g/mol. The smallest absolute Gasteiger partial charge is 0.279 e. The molecule has 0 spiro atoms. The van der Waals surface area contributed by atoms with E-state index >= 15 is 0 Å². The van der Waals surface area contributed by atoms with Crippen LogP contribution in [0.4, 0.5) is 5.13 Å². The van der Waals surface area contributed by atoms with Crippen molar-refractivity contribution in [1.82, 2.24) is 14.9 Å². The maximum atomic E-state index is 12.4. The fraction of sp³-hybridized carbons (Fsp3) is 0.400. The average Bonchev–Trinajstić information content (AvgIpc) is 2.89. The van der Waals surface area contributed by atoms with Crippen LogP contribution in [0.3, 0.4) is 0 Å². The van der Waals surface area contributed by atoms with Crippen molar-refractivity contribution < 1.29 is 9.53 Å².